The number of hydrogen-bond donors (Lipinski definition) is 0. The van der Waals surface area contributed by atoms with Gasteiger partial charge in [0.1, 0.15) is 0 Å². The number of ether oxygens (including phenoxy) is 3. The molecule has 1 unspecified atom stereocenters. The molecule has 1 aliphatic carbocycles. The van der Waals surface area contributed by atoms with Crippen LogP contribution in [0.2, 0.25) is 0 Å². The maximum atomic E-state index is 5.94. The summed E-state index contributed by atoms with van der Waals surface area (Å²) in [5, 5.41) is 0. The van der Waals surface area contributed by atoms with Crippen LogP contribution in [0.1, 0.15) is 48.8 Å². The molecule has 1 aromatic carbocycles. The van der Waals surface area contributed by atoms with Gasteiger partial charge in [-0.05, 0) is 48.8 Å². The summed E-state index contributed by atoms with van der Waals surface area (Å²) in [6.07, 6.45) is 10.2. The Hall–Kier alpha value is -1.16. The van der Waals surface area contributed by atoms with Crippen molar-refractivity contribution in [1.29, 1.82) is 0 Å². The molecule has 1 atom stereocenters. The Morgan fingerprint density at radius 3 is 2.86 bits per heavy atom. The number of rotatable bonds is 3. The van der Waals surface area contributed by atoms with Crippen LogP contribution in [0.25, 0.3) is 6.08 Å². The molecule has 22 heavy (non-hydrogen) atoms. The molecule has 0 saturated carbocycles. The first-order valence-corrected chi connectivity index (χ1v) is 8.49. The summed E-state index contributed by atoms with van der Waals surface area (Å²) in [7, 11) is 0. The highest BCUT2D eigenvalue weighted by atomic mass is 16.7. The quantitative estimate of drug-likeness (QED) is 0.849. The lowest BCUT2D eigenvalue weighted by atomic mass is 9.76. The van der Waals surface area contributed by atoms with Gasteiger partial charge >= 0.3 is 0 Å². The Labute approximate surface area is 132 Å². The predicted octanol–water partition coefficient (Wildman–Crippen LogP) is 3.80. The molecule has 3 nitrogen and oxygen atoms in total. The van der Waals surface area contributed by atoms with Gasteiger partial charge in [-0.3, -0.25) is 0 Å². The van der Waals surface area contributed by atoms with Gasteiger partial charge in [-0.15, -0.1) is 0 Å². The van der Waals surface area contributed by atoms with E-state index in [2.05, 4.69) is 30.4 Å². The average Bonchev–Trinajstić information content (AvgIpc) is 2.93. The summed E-state index contributed by atoms with van der Waals surface area (Å²) in [4.78, 5) is 0. The smallest absolute Gasteiger partial charge is 0.158 e. The highest BCUT2D eigenvalue weighted by Crippen LogP contribution is 2.43. The molecule has 2 saturated heterocycles. The fraction of sp³-hybridized carbons (Fsp3) is 0.579. The van der Waals surface area contributed by atoms with E-state index in [1.54, 1.807) is 0 Å². The third-order valence-corrected chi connectivity index (χ3v) is 5.19. The molecule has 3 aliphatic rings. The zero-order chi connectivity index (χ0) is 14.8. The minimum Gasteiger partial charge on any atom is -0.381 e. The summed E-state index contributed by atoms with van der Waals surface area (Å²) in [6, 6.07) is 6.75. The zero-order valence-electron chi connectivity index (χ0n) is 13.1. The van der Waals surface area contributed by atoms with E-state index < -0.39 is 0 Å². The minimum atomic E-state index is -0.0165. The monoisotopic (exact) mass is 300 g/mol. The summed E-state index contributed by atoms with van der Waals surface area (Å²) >= 11 is 0. The second kappa shape index (κ2) is 6.15. The summed E-state index contributed by atoms with van der Waals surface area (Å²) < 4.78 is 17.1. The van der Waals surface area contributed by atoms with Crippen LogP contribution in [0.15, 0.2) is 24.3 Å². The van der Waals surface area contributed by atoms with Crippen LogP contribution in [-0.2, 0) is 26.2 Å². The third-order valence-electron chi connectivity index (χ3n) is 5.19. The fourth-order valence-corrected chi connectivity index (χ4v) is 3.81. The minimum absolute atomic E-state index is 0.0165. The predicted molar refractivity (Wildman–Crippen MR) is 85.6 cm³/mol. The first-order valence-electron chi connectivity index (χ1n) is 8.49. The Balaban J connectivity index is 1.48. The summed E-state index contributed by atoms with van der Waals surface area (Å²) in [5.74, 6) is 0. The molecular formula is C19H24O3. The lowest BCUT2D eigenvalue weighted by Crippen LogP contribution is -2.30. The summed E-state index contributed by atoms with van der Waals surface area (Å²) in [6.45, 7) is 3.20. The van der Waals surface area contributed by atoms with E-state index in [0.29, 0.717) is 6.61 Å². The van der Waals surface area contributed by atoms with Crippen molar-refractivity contribution in [3.05, 3.63) is 41.0 Å². The van der Waals surface area contributed by atoms with Gasteiger partial charge in [-0.1, -0.05) is 30.4 Å². The van der Waals surface area contributed by atoms with Crippen molar-refractivity contribution in [3.8, 4) is 0 Å². The van der Waals surface area contributed by atoms with Gasteiger partial charge in [0.05, 0.1) is 6.61 Å². The van der Waals surface area contributed by atoms with Crippen molar-refractivity contribution in [2.75, 3.05) is 19.8 Å². The number of benzene rings is 1. The molecule has 2 fully saturated rings. The maximum Gasteiger partial charge on any atom is 0.158 e. The van der Waals surface area contributed by atoms with Gasteiger partial charge in [-0.2, -0.15) is 0 Å². The van der Waals surface area contributed by atoms with Gasteiger partial charge < -0.3 is 14.2 Å². The molecule has 1 spiro atoms. The first-order chi connectivity index (χ1) is 10.9. The van der Waals surface area contributed by atoms with Crippen LogP contribution in [-0.4, -0.2) is 26.1 Å². The van der Waals surface area contributed by atoms with Gasteiger partial charge in [0, 0.05) is 25.2 Å². The molecule has 0 N–H and O–H groups in total. The highest BCUT2D eigenvalue weighted by molar-refractivity contribution is 5.66. The Morgan fingerprint density at radius 2 is 2.05 bits per heavy atom. The zero-order valence-corrected chi connectivity index (χ0v) is 13.1. The standard InChI is InChI=1S/C19H24O3/c1-2-10-21-18(3-1)22-14-15-4-5-16-6-7-19(17(16)13-15)8-11-20-12-9-19/h4-7,13,18H,1-3,8-12,14H2. The van der Waals surface area contributed by atoms with Gasteiger partial charge in [-0.25, -0.2) is 0 Å². The van der Waals surface area contributed by atoms with Crippen LogP contribution < -0.4 is 0 Å². The molecular weight excluding hydrogens is 276 g/mol. The molecule has 2 heterocycles. The molecule has 0 bridgehead atoms. The van der Waals surface area contributed by atoms with Gasteiger partial charge in [0.25, 0.3) is 0 Å². The van der Waals surface area contributed by atoms with E-state index >= 15 is 0 Å². The molecule has 1 aromatic rings. The van der Waals surface area contributed by atoms with E-state index in [0.717, 1.165) is 45.5 Å². The normalized spacial score (nSPS) is 26.3. The third kappa shape index (κ3) is 2.73. The van der Waals surface area contributed by atoms with Crippen LogP contribution in [0.5, 0.6) is 0 Å². The Kier molecular flexibility index (Phi) is 4.03. The van der Waals surface area contributed by atoms with E-state index in [1.165, 1.54) is 23.1 Å². The van der Waals surface area contributed by atoms with Crippen molar-refractivity contribution < 1.29 is 14.2 Å². The number of allylic oxidation sites excluding steroid dienone is 1. The lowest BCUT2D eigenvalue weighted by Gasteiger charge is -2.33. The SMILES string of the molecule is C1=CC2(CCOCC2)c2cc(COC3CCCCO3)ccc21. The van der Waals surface area contributed by atoms with E-state index in [-0.39, 0.29) is 11.7 Å². The molecule has 118 valence electrons. The van der Waals surface area contributed by atoms with E-state index in [9.17, 15) is 0 Å². The van der Waals surface area contributed by atoms with Crippen LogP contribution in [0.3, 0.4) is 0 Å². The molecule has 3 heteroatoms. The molecule has 2 aliphatic heterocycles. The van der Waals surface area contributed by atoms with Crippen LogP contribution in [0, 0.1) is 0 Å². The topological polar surface area (TPSA) is 27.7 Å². The largest absolute Gasteiger partial charge is 0.381 e. The van der Waals surface area contributed by atoms with Crippen molar-refractivity contribution in [2.45, 2.75) is 50.4 Å². The second-order valence-corrected chi connectivity index (χ2v) is 6.63. The number of fused-ring (bicyclic) bond motifs is 2. The van der Waals surface area contributed by atoms with Crippen LogP contribution >= 0.6 is 0 Å². The Bertz CT molecular complexity index is 552. The first kappa shape index (κ1) is 14.4. The second-order valence-electron chi connectivity index (χ2n) is 6.63. The van der Waals surface area contributed by atoms with Crippen molar-refractivity contribution in [2.24, 2.45) is 0 Å². The van der Waals surface area contributed by atoms with Gasteiger partial charge in [0.2, 0.25) is 0 Å². The lowest BCUT2D eigenvalue weighted by molar-refractivity contribution is -0.168. The average molecular weight is 300 g/mol. The van der Waals surface area contributed by atoms with Crippen molar-refractivity contribution in [3.63, 3.8) is 0 Å². The van der Waals surface area contributed by atoms with Crippen LogP contribution in [0.4, 0.5) is 0 Å². The fourth-order valence-electron chi connectivity index (χ4n) is 3.81. The molecule has 0 aromatic heterocycles. The van der Waals surface area contributed by atoms with E-state index in [1.807, 2.05) is 0 Å². The molecule has 4 rings (SSSR count). The number of hydrogen-bond acceptors (Lipinski definition) is 3. The summed E-state index contributed by atoms with van der Waals surface area (Å²) in [5.41, 5.74) is 4.27. The highest BCUT2D eigenvalue weighted by Gasteiger charge is 2.36. The van der Waals surface area contributed by atoms with E-state index in [4.69, 9.17) is 14.2 Å². The van der Waals surface area contributed by atoms with Gasteiger partial charge in [0.15, 0.2) is 6.29 Å². The Morgan fingerprint density at radius 1 is 1.14 bits per heavy atom. The molecule has 0 amide bonds. The maximum absolute atomic E-state index is 5.94. The van der Waals surface area contributed by atoms with Crippen molar-refractivity contribution >= 4 is 6.08 Å². The van der Waals surface area contributed by atoms with Crippen molar-refractivity contribution in [1.82, 2.24) is 0 Å². The molecule has 0 radical (unpaired) electrons.